The lowest BCUT2D eigenvalue weighted by Gasteiger charge is -2.37. The number of halogens is 1. The number of benzene rings is 3. The Morgan fingerprint density at radius 1 is 1.02 bits per heavy atom. The minimum Gasteiger partial charge on any atom is -0.496 e. The van der Waals surface area contributed by atoms with Crippen LogP contribution < -0.4 is 9.47 Å². The molecule has 3 N–H and O–H groups in total. The van der Waals surface area contributed by atoms with Crippen LogP contribution in [-0.4, -0.2) is 72.7 Å². The van der Waals surface area contributed by atoms with Crippen molar-refractivity contribution in [1.82, 2.24) is 0 Å². The monoisotopic (exact) mass is 588 g/mol. The van der Waals surface area contributed by atoms with Gasteiger partial charge in [-0.1, -0.05) is 41.9 Å². The van der Waals surface area contributed by atoms with Crippen molar-refractivity contribution in [3.05, 3.63) is 93.5 Å². The van der Waals surface area contributed by atoms with Crippen molar-refractivity contribution in [2.45, 2.75) is 49.4 Å². The van der Waals surface area contributed by atoms with E-state index in [-0.39, 0.29) is 18.3 Å². The topological polar surface area (TPSA) is 88.4 Å². The fourth-order valence-corrected chi connectivity index (χ4v) is 7.68. The van der Waals surface area contributed by atoms with Gasteiger partial charge in [0.15, 0.2) is 0 Å². The van der Waals surface area contributed by atoms with E-state index >= 15 is 0 Å². The molecule has 1 saturated heterocycles. The predicted molar refractivity (Wildman–Crippen MR) is 163 cm³/mol. The SMILES string of the molecule is CCOc1ccc(C(c2cc(Cc3cc([C@H]4C[C@@H](O)[C@H](O)[C@@H](CO)O4)ccc3OC)ccc2Cl)S(C)(C)C)cc1. The van der Waals surface area contributed by atoms with Crippen LogP contribution in [0.15, 0.2) is 60.7 Å². The van der Waals surface area contributed by atoms with Crippen LogP contribution in [0.5, 0.6) is 11.5 Å². The first-order chi connectivity index (χ1) is 19.0. The summed E-state index contributed by atoms with van der Waals surface area (Å²) in [5.74, 6) is 1.61. The van der Waals surface area contributed by atoms with E-state index in [0.29, 0.717) is 13.0 Å². The van der Waals surface area contributed by atoms with Gasteiger partial charge in [-0.25, -0.2) is 10.0 Å². The molecule has 40 heavy (non-hydrogen) atoms. The van der Waals surface area contributed by atoms with Crippen molar-refractivity contribution in [3.8, 4) is 11.5 Å². The summed E-state index contributed by atoms with van der Waals surface area (Å²) in [5.41, 5.74) is 5.24. The quantitative estimate of drug-likeness (QED) is 0.283. The first-order valence-corrected chi connectivity index (χ1v) is 16.8. The first kappa shape index (κ1) is 30.7. The second kappa shape index (κ2) is 13.1. The fourth-order valence-electron chi connectivity index (χ4n) is 5.45. The number of methoxy groups -OCH3 is 1. The van der Waals surface area contributed by atoms with Crippen molar-refractivity contribution in [2.75, 3.05) is 39.1 Å². The Kier molecular flexibility index (Phi) is 10.1. The molecule has 1 fully saturated rings. The summed E-state index contributed by atoms with van der Waals surface area (Å²) in [6.45, 7) is 2.24. The molecule has 6 nitrogen and oxygen atoms in total. The summed E-state index contributed by atoms with van der Waals surface area (Å²) in [7, 11) is 0.558. The minimum absolute atomic E-state index is 0.142. The van der Waals surface area contributed by atoms with Crippen LogP contribution in [-0.2, 0) is 11.2 Å². The highest BCUT2D eigenvalue weighted by molar-refractivity contribution is 8.32. The van der Waals surface area contributed by atoms with Crippen molar-refractivity contribution in [3.63, 3.8) is 0 Å². The summed E-state index contributed by atoms with van der Waals surface area (Å²) < 4.78 is 17.3. The van der Waals surface area contributed by atoms with E-state index < -0.39 is 34.4 Å². The van der Waals surface area contributed by atoms with E-state index in [1.165, 1.54) is 5.56 Å². The molecule has 1 heterocycles. The average molecular weight is 589 g/mol. The van der Waals surface area contributed by atoms with Crippen LogP contribution in [0.1, 0.15) is 52.5 Å². The number of rotatable bonds is 10. The lowest BCUT2D eigenvalue weighted by atomic mass is 9.92. The molecule has 1 aliphatic heterocycles. The Morgan fingerprint density at radius 2 is 1.75 bits per heavy atom. The van der Waals surface area contributed by atoms with Crippen molar-refractivity contribution >= 4 is 21.6 Å². The molecule has 0 aliphatic carbocycles. The van der Waals surface area contributed by atoms with Crippen LogP contribution in [0, 0.1) is 0 Å². The van der Waals surface area contributed by atoms with Crippen LogP contribution in [0.2, 0.25) is 5.02 Å². The molecule has 0 amide bonds. The summed E-state index contributed by atoms with van der Waals surface area (Å²) in [6, 6.07) is 20.4. The molecule has 218 valence electrons. The Morgan fingerprint density at radius 3 is 2.38 bits per heavy atom. The summed E-state index contributed by atoms with van der Waals surface area (Å²) in [6.07, 6.45) is 4.40. The maximum atomic E-state index is 10.3. The molecule has 0 saturated carbocycles. The molecule has 0 bridgehead atoms. The second-order valence-corrected chi connectivity index (χ2v) is 15.8. The van der Waals surface area contributed by atoms with Gasteiger partial charge in [0.25, 0.3) is 0 Å². The normalized spacial score (nSPS) is 22.5. The second-order valence-electron chi connectivity index (χ2n) is 11.1. The molecule has 8 heteroatoms. The van der Waals surface area contributed by atoms with Gasteiger partial charge in [-0.3, -0.25) is 0 Å². The van der Waals surface area contributed by atoms with Gasteiger partial charge in [0, 0.05) is 23.1 Å². The van der Waals surface area contributed by atoms with Gasteiger partial charge in [0.05, 0.1) is 32.5 Å². The van der Waals surface area contributed by atoms with E-state index in [1.54, 1.807) is 7.11 Å². The van der Waals surface area contributed by atoms with Crippen LogP contribution in [0.4, 0.5) is 0 Å². The molecule has 5 atom stereocenters. The van der Waals surface area contributed by atoms with Crippen LogP contribution >= 0.6 is 21.6 Å². The van der Waals surface area contributed by atoms with Crippen molar-refractivity contribution < 1.29 is 29.5 Å². The van der Waals surface area contributed by atoms with Crippen molar-refractivity contribution in [2.24, 2.45) is 0 Å². The largest absolute Gasteiger partial charge is 0.496 e. The Labute approximate surface area is 244 Å². The fraction of sp³-hybridized carbons (Fsp3) is 0.438. The van der Waals surface area contributed by atoms with Crippen molar-refractivity contribution in [1.29, 1.82) is 0 Å². The standard InChI is InChI=1S/C32H41ClO6S/c1-6-38-24-11-8-21(9-12-24)32(40(3,4)5)25-16-20(7-13-26(25)33)15-23-17-22(10-14-28(23)37-2)29-18-27(35)31(36)30(19-34)39-29/h7-14,16-17,27,29-32,34-36H,6,15,18-19H2,1-5H3/t27-,29-,30-,31+,32?/m1/s1. The van der Waals surface area contributed by atoms with Crippen LogP contribution in [0.3, 0.4) is 0 Å². The average Bonchev–Trinajstić information content (AvgIpc) is 2.92. The number of aliphatic hydroxyl groups excluding tert-OH is 3. The Balaban J connectivity index is 1.67. The van der Waals surface area contributed by atoms with E-state index in [9.17, 15) is 15.3 Å². The maximum Gasteiger partial charge on any atom is 0.122 e. The van der Waals surface area contributed by atoms with Gasteiger partial charge in [0.1, 0.15) is 23.7 Å². The summed E-state index contributed by atoms with van der Waals surface area (Å²) in [4.78, 5) is 0. The lowest BCUT2D eigenvalue weighted by molar-refractivity contribution is -0.181. The Bertz CT molecular complexity index is 1280. The molecule has 0 radical (unpaired) electrons. The minimum atomic E-state index is -1.11. The van der Waals surface area contributed by atoms with E-state index in [4.69, 9.17) is 25.8 Å². The maximum absolute atomic E-state index is 10.3. The molecule has 3 aromatic rings. The van der Waals surface area contributed by atoms with Gasteiger partial charge in [-0.2, -0.15) is 0 Å². The zero-order valence-electron chi connectivity index (χ0n) is 23.8. The molecule has 4 rings (SSSR count). The highest BCUT2D eigenvalue weighted by Gasteiger charge is 2.37. The Hall–Kier alpha value is -2.26. The number of hydrogen-bond donors (Lipinski definition) is 3. The highest BCUT2D eigenvalue weighted by atomic mass is 35.5. The summed E-state index contributed by atoms with van der Waals surface area (Å²) in [5, 5.41) is 31.0. The van der Waals surface area contributed by atoms with Gasteiger partial charge < -0.3 is 29.5 Å². The molecule has 0 spiro atoms. The van der Waals surface area contributed by atoms with E-state index in [2.05, 4.69) is 37.0 Å². The molecular formula is C32H41ClO6S. The predicted octanol–water partition coefficient (Wildman–Crippen LogP) is 5.67. The van der Waals surface area contributed by atoms with E-state index in [1.807, 2.05) is 49.4 Å². The van der Waals surface area contributed by atoms with Gasteiger partial charge in [-0.05, 0) is 83.8 Å². The molecule has 1 aliphatic rings. The molecule has 3 aromatic carbocycles. The van der Waals surface area contributed by atoms with Gasteiger partial charge >= 0.3 is 0 Å². The third-order valence-electron chi connectivity index (χ3n) is 7.36. The number of hydrogen-bond acceptors (Lipinski definition) is 6. The van der Waals surface area contributed by atoms with Crippen LogP contribution in [0.25, 0.3) is 0 Å². The first-order valence-electron chi connectivity index (χ1n) is 13.5. The molecule has 0 aromatic heterocycles. The third-order valence-corrected chi connectivity index (χ3v) is 9.65. The highest BCUT2D eigenvalue weighted by Crippen LogP contribution is 2.56. The number of ether oxygens (including phenoxy) is 3. The third kappa shape index (κ3) is 6.96. The number of aliphatic hydroxyl groups is 3. The zero-order chi connectivity index (χ0) is 29.0. The van der Waals surface area contributed by atoms with Gasteiger partial charge in [-0.15, -0.1) is 0 Å². The zero-order valence-corrected chi connectivity index (χ0v) is 25.4. The summed E-state index contributed by atoms with van der Waals surface area (Å²) >= 11 is 6.85. The molecule has 1 unspecified atom stereocenters. The molecular weight excluding hydrogens is 548 g/mol. The van der Waals surface area contributed by atoms with E-state index in [0.717, 1.165) is 38.8 Å². The lowest BCUT2D eigenvalue weighted by Crippen LogP contribution is -2.47. The van der Waals surface area contributed by atoms with Gasteiger partial charge in [0.2, 0.25) is 0 Å². The smallest absolute Gasteiger partial charge is 0.122 e.